The van der Waals surface area contributed by atoms with Crippen LogP contribution in [-0.4, -0.2) is 104 Å². The number of thioether (sulfide) groups is 1. The Bertz CT molecular complexity index is 814. The van der Waals surface area contributed by atoms with Gasteiger partial charge in [-0.15, -0.1) is 0 Å². The molecule has 2 aliphatic rings. The Morgan fingerprint density at radius 2 is 1.35 bits per heavy atom. The van der Waals surface area contributed by atoms with E-state index in [1.807, 2.05) is 18.8 Å². The van der Waals surface area contributed by atoms with Gasteiger partial charge in [-0.3, -0.25) is 19.2 Å². The van der Waals surface area contributed by atoms with Crippen LogP contribution in [0.2, 0.25) is 0 Å². The third-order valence-electron chi connectivity index (χ3n) is 7.23. The lowest BCUT2D eigenvalue weighted by Crippen LogP contribution is -2.36. The van der Waals surface area contributed by atoms with Crippen LogP contribution >= 0.6 is 11.8 Å². The average Bonchev–Trinajstić information content (AvgIpc) is 3.49. The Kier molecular flexibility index (Phi) is 18.1. The molecule has 0 saturated carbocycles. The van der Waals surface area contributed by atoms with Gasteiger partial charge in [-0.1, -0.05) is 19.3 Å². The Balaban J connectivity index is 0.000000486. The van der Waals surface area contributed by atoms with E-state index >= 15 is 0 Å². The predicted octanol–water partition coefficient (Wildman–Crippen LogP) is 3.10. The van der Waals surface area contributed by atoms with Gasteiger partial charge >= 0.3 is 18.0 Å². The van der Waals surface area contributed by atoms with E-state index in [1.165, 1.54) is 14.2 Å². The summed E-state index contributed by atoms with van der Waals surface area (Å²) in [6, 6.07) is 0.467. The largest absolute Gasteiger partial charge is 0.469 e. The molecular weight excluding hydrogens is 536 g/mol. The summed E-state index contributed by atoms with van der Waals surface area (Å²) in [5, 5.41) is 6.41. The minimum atomic E-state index is -0.172. The molecule has 2 heterocycles. The summed E-state index contributed by atoms with van der Waals surface area (Å²) < 4.78 is 9.12. The van der Waals surface area contributed by atoms with Crippen molar-refractivity contribution in [3.63, 3.8) is 0 Å². The maximum atomic E-state index is 12.2. The molecule has 0 radical (unpaired) electrons. The monoisotopic (exact) mass is 586 g/mol. The number of methoxy groups -OCH3 is 2. The molecule has 0 bridgehead atoms. The smallest absolute Gasteiger partial charge is 0.315 e. The number of urea groups is 1. The quantitative estimate of drug-likeness (QED) is 0.151. The van der Waals surface area contributed by atoms with Crippen molar-refractivity contribution in [3.8, 4) is 0 Å². The molecule has 12 heteroatoms. The van der Waals surface area contributed by atoms with Gasteiger partial charge in [0.1, 0.15) is 0 Å². The van der Waals surface area contributed by atoms with E-state index in [0.29, 0.717) is 24.5 Å². The number of fused-ring (bicyclic) bond motifs is 1. The van der Waals surface area contributed by atoms with Gasteiger partial charge in [-0.2, -0.15) is 11.8 Å². The molecule has 0 aromatic rings. The minimum Gasteiger partial charge on any atom is -0.469 e. The Hall–Kier alpha value is -2.50. The lowest BCUT2D eigenvalue weighted by Gasteiger charge is -2.18. The number of ether oxygens (including phenoxy) is 2. The molecule has 2 aliphatic heterocycles. The summed E-state index contributed by atoms with van der Waals surface area (Å²) >= 11 is 1.92. The molecule has 4 amide bonds. The summed E-state index contributed by atoms with van der Waals surface area (Å²) in [6.45, 7) is 3.05. The van der Waals surface area contributed by atoms with E-state index in [9.17, 15) is 24.0 Å². The van der Waals surface area contributed by atoms with Crippen molar-refractivity contribution in [1.29, 1.82) is 0 Å². The molecule has 0 spiro atoms. The van der Waals surface area contributed by atoms with Crippen molar-refractivity contribution >= 4 is 41.5 Å². The van der Waals surface area contributed by atoms with Crippen molar-refractivity contribution in [2.45, 2.75) is 101 Å². The van der Waals surface area contributed by atoms with E-state index in [1.54, 1.807) is 23.8 Å². The second-order valence-electron chi connectivity index (χ2n) is 10.4. The van der Waals surface area contributed by atoms with E-state index in [0.717, 1.165) is 76.6 Å². The van der Waals surface area contributed by atoms with Crippen LogP contribution in [0.15, 0.2) is 0 Å². The fourth-order valence-corrected chi connectivity index (χ4v) is 6.08. The van der Waals surface area contributed by atoms with Crippen LogP contribution in [0.5, 0.6) is 0 Å². The fourth-order valence-electron chi connectivity index (χ4n) is 4.53. The lowest BCUT2D eigenvalue weighted by atomic mass is 10.0. The first-order valence-corrected chi connectivity index (χ1v) is 15.4. The second-order valence-corrected chi connectivity index (χ2v) is 11.7. The van der Waals surface area contributed by atoms with Crippen LogP contribution in [0.4, 0.5) is 4.79 Å². The molecule has 2 N–H and O–H groups in total. The number of rotatable bonds is 17. The number of amides is 4. The number of carbonyl (C=O) groups excluding carboxylic acids is 5. The fraction of sp³-hybridized carbons (Fsp3) is 0.821. The zero-order chi connectivity index (χ0) is 29.9. The molecule has 2 saturated heterocycles. The zero-order valence-corrected chi connectivity index (χ0v) is 25.8. The van der Waals surface area contributed by atoms with Crippen LogP contribution in [0.1, 0.15) is 84.0 Å². The Labute approximate surface area is 243 Å². The summed E-state index contributed by atoms with van der Waals surface area (Å²) in [5.41, 5.74) is 0. The van der Waals surface area contributed by atoms with Crippen LogP contribution in [0, 0.1) is 0 Å². The van der Waals surface area contributed by atoms with Crippen molar-refractivity contribution in [2.75, 3.05) is 47.2 Å². The lowest BCUT2D eigenvalue weighted by molar-refractivity contribution is -0.141. The number of nitrogens with one attached hydrogen (secondary N) is 2. The van der Waals surface area contributed by atoms with Gasteiger partial charge in [-0.05, 0) is 38.5 Å². The van der Waals surface area contributed by atoms with E-state index in [4.69, 9.17) is 0 Å². The molecule has 0 aromatic heterocycles. The van der Waals surface area contributed by atoms with Crippen molar-refractivity contribution in [2.24, 2.45) is 0 Å². The molecule has 2 fully saturated rings. The van der Waals surface area contributed by atoms with Crippen LogP contribution < -0.4 is 10.6 Å². The van der Waals surface area contributed by atoms with Gasteiger partial charge in [0, 0.05) is 64.4 Å². The topological polar surface area (TPSA) is 134 Å². The number of unbranched alkanes of at least 4 members (excludes halogenated alkanes) is 5. The number of hydrogen-bond acceptors (Lipinski definition) is 8. The molecule has 3 atom stereocenters. The summed E-state index contributed by atoms with van der Waals surface area (Å²) in [7, 11) is 6.42. The SMILES string of the molecule is COC(=O)CCCCCN(C)C(=O)CCCCC1SCC2NC(=O)NC21.COC(=O)CCCCCN(C)C(C)=O. The number of nitrogens with zero attached hydrogens (tertiary/aromatic N) is 2. The number of hydrogen-bond donors (Lipinski definition) is 2. The van der Waals surface area contributed by atoms with Gasteiger partial charge in [0.25, 0.3) is 0 Å². The zero-order valence-electron chi connectivity index (χ0n) is 25.0. The molecule has 0 aliphatic carbocycles. The van der Waals surface area contributed by atoms with Crippen molar-refractivity contribution in [3.05, 3.63) is 0 Å². The first-order valence-electron chi connectivity index (χ1n) is 14.4. The molecule has 3 unspecified atom stereocenters. The van der Waals surface area contributed by atoms with Crippen molar-refractivity contribution in [1.82, 2.24) is 20.4 Å². The Morgan fingerprint density at radius 1 is 0.800 bits per heavy atom. The third-order valence-corrected chi connectivity index (χ3v) is 8.74. The highest BCUT2D eigenvalue weighted by atomic mass is 32.2. The molecule has 40 heavy (non-hydrogen) atoms. The van der Waals surface area contributed by atoms with Gasteiger partial charge < -0.3 is 29.9 Å². The highest BCUT2D eigenvalue weighted by molar-refractivity contribution is 8.00. The summed E-state index contributed by atoms with van der Waals surface area (Å²) in [6.07, 6.45) is 9.80. The first kappa shape index (κ1) is 35.5. The molecule has 2 rings (SSSR count). The highest BCUT2D eigenvalue weighted by Gasteiger charge is 2.42. The van der Waals surface area contributed by atoms with Crippen LogP contribution in [0.25, 0.3) is 0 Å². The summed E-state index contributed by atoms with van der Waals surface area (Å²) in [4.78, 5) is 59.6. The summed E-state index contributed by atoms with van der Waals surface area (Å²) in [5.74, 6) is 0.911. The average molecular weight is 587 g/mol. The highest BCUT2D eigenvalue weighted by Crippen LogP contribution is 2.33. The first-order chi connectivity index (χ1) is 19.1. The number of carbonyl (C=O) groups is 5. The van der Waals surface area contributed by atoms with E-state index in [-0.39, 0.29) is 41.9 Å². The normalized spacial score (nSPS) is 18.9. The van der Waals surface area contributed by atoms with Crippen LogP contribution in [0.3, 0.4) is 0 Å². The van der Waals surface area contributed by atoms with Gasteiger partial charge in [0.15, 0.2) is 0 Å². The van der Waals surface area contributed by atoms with Crippen LogP contribution in [-0.2, 0) is 28.7 Å². The van der Waals surface area contributed by atoms with E-state index in [2.05, 4.69) is 20.1 Å². The standard InChI is InChI=1S/C18H31N3O4S.C10H19NO3/c1-21(11-7-3-4-10-16(23)25-2)15(22)9-6-5-8-14-17-13(12-26-14)19-18(24)20-17;1-9(12)11(2)8-6-4-5-7-10(13)14-3/h13-14,17H,3-12H2,1-2H3,(H2,19,20,24);4-8H2,1-3H3. The Morgan fingerprint density at radius 3 is 1.90 bits per heavy atom. The van der Waals surface area contributed by atoms with Gasteiger partial charge in [0.05, 0.1) is 26.3 Å². The molecular formula is C28H50N4O7S. The second kappa shape index (κ2) is 20.4. The third kappa shape index (κ3) is 14.8. The molecule has 230 valence electrons. The maximum absolute atomic E-state index is 12.2. The van der Waals surface area contributed by atoms with Crippen molar-refractivity contribution < 1.29 is 33.4 Å². The minimum absolute atomic E-state index is 0.0475. The van der Waals surface area contributed by atoms with E-state index < -0.39 is 0 Å². The predicted molar refractivity (Wildman–Crippen MR) is 156 cm³/mol. The van der Waals surface area contributed by atoms with Gasteiger partial charge in [-0.25, -0.2) is 4.79 Å². The maximum Gasteiger partial charge on any atom is 0.315 e. The molecule has 0 aromatic carbocycles. The number of esters is 2. The molecule has 11 nitrogen and oxygen atoms in total. The van der Waals surface area contributed by atoms with Gasteiger partial charge in [0.2, 0.25) is 11.8 Å².